The third-order valence-electron chi connectivity index (χ3n) is 7.29. The van der Waals surface area contributed by atoms with E-state index in [2.05, 4.69) is 10.3 Å². The minimum atomic E-state index is -0.762. The van der Waals surface area contributed by atoms with E-state index in [0.717, 1.165) is 0 Å². The molecule has 0 saturated heterocycles. The van der Waals surface area contributed by atoms with Gasteiger partial charge in [-0.2, -0.15) is 0 Å². The Morgan fingerprint density at radius 1 is 1.07 bits per heavy atom. The summed E-state index contributed by atoms with van der Waals surface area (Å²) < 4.78 is 13.4. The van der Waals surface area contributed by atoms with Crippen LogP contribution in [0.2, 0.25) is 0 Å². The van der Waals surface area contributed by atoms with Gasteiger partial charge in [0.2, 0.25) is 0 Å². The summed E-state index contributed by atoms with van der Waals surface area (Å²) >= 11 is 1.20. The Morgan fingerprint density at radius 3 is 2.59 bits per heavy atom. The first kappa shape index (κ1) is 28.6. The summed E-state index contributed by atoms with van der Waals surface area (Å²) in [5, 5.41) is 14.1. The van der Waals surface area contributed by atoms with E-state index < -0.39 is 11.0 Å². The molecule has 3 aromatic carbocycles. The number of nitro benzene ring substituents is 1. The molecule has 1 atom stereocenters. The average Bonchev–Trinajstić information content (AvgIpc) is 3.60. The van der Waals surface area contributed by atoms with Crippen molar-refractivity contribution < 1.29 is 18.9 Å². The zero-order chi connectivity index (χ0) is 31.0. The van der Waals surface area contributed by atoms with Crippen molar-refractivity contribution in [2.45, 2.75) is 19.9 Å². The number of thiazole rings is 1. The maximum absolute atomic E-state index is 14.0. The lowest BCUT2D eigenvalue weighted by Crippen LogP contribution is -2.40. The van der Waals surface area contributed by atoms with Gasteiger partial charge in [-0.05, 0) is 67.4 Å². The number of furan rings is 1. The number of allylic oxidation sites excluding steroid dienone is 1. The van der Waals surface area contributed by atoms with Crippen LogP contribution in [-0.4, -0.2) is 22.5 Å². The molecule has 0 radical (unpaired) electrons. The van der Waals surface area contributed by atoms with Gasteiger partial charge in [-0.15, -0.1) is 0 Å². The van der Waals surface area contributed by atoms with Gasteiger partial charge >= 0.3 is 0 Å². The van der Waals surface area contributed by atoms with Crippen LogP contribution >= 0.6 is 11.3 Å². The Morgan fingerprint density at radius 2 is 1.86 bits per heavy atom. The number of hydrogen-bond acceptors (Lipinski definition) is 8. The number of fused-ring (bicyclic) bond motifs is 1. The number of carbonyl (C=O) groups excluding carboxylic acids is 1. The minimum Gasteiger partial charge on any atom is -0.497 e. The summed E-state index contributed by atoms with van der Waals surface area (Å²) in [5.41, 5.74) is 3.22. The monoisotopic (exact) mass is 606 g/mol. The molecule has 1 amide bonds. The van der Waals surface area contributed by atoms with Crippen molar-refractivity contribution in [3.05, 3.63) is 143 Å². The molecule has 44 heavy (non-hydrogen) atoms. The highest BCUT2D eigenvalue weighted by Gasteiger charge is 2.33. The summed E-state index contributed by atoms with van der Waals surface area (Å²) in [5.74, 6) is 1.17. The smallest absolute Gasteiger partial charge is 0.271 e. The number of para-hydroxylation sites is 1. The first-order chi connectivity index (χ1) is 21.2. The number of aryl methyl sites for hydroxylation is 1. The van der Waals surface area contributed by atoms with Crippen LogP contribution in [0.5, 0.6) is 5.75 Å². The summed E-state index contributed by atoms with van der Waals surface area (Å²) in [6.45, 7) is 3.53. The van der Waals surface area contributed by atoms with Gasteiger partial charge in [0.15, 0.2) is 4.80 Å². The molecule has 3 heterocycles. The number of hydrogen-bond donors (Lipinski definition) is 1. The van der Waals surface area contributed by atoms with Gasteiger partial charge in [0, 0.05) is 29.5 Å². The van der Waals surface area contributed by atoms with E-state index in [1.54, 1.807) is 63.4 Å². The van der Waals surface area contributed by atoms with E-state index >= 15 is 0 Å². The summed E-state index contributed by atoms with van der Waals surface area (Å²) in [4.78, 5) is 43.6. The number of ether oxygens (including phenoxy) is 1. The molecule has 1 aliphatic heterocycles. The van der Waals surface area contributed by atoms with Crippen molar-refractivity contribution in [2.75, 3.05) is 12.4 Å². The SMILES string of the molecule is COc1cccc([C@H]2C(C(=O)Nc3ccccc3)=C(C)N=c3s/c(=C\c4ccc(-c5ccc([N+](=O)[O-])cc5C)o4)c(=O)n32)c1. The van der Waals surface area contributed by atoms with E-state index in [4.69, 9.17) is 9.15 Å². The molecule has 0 spiro atoms. The zero-order valence-corrected chi connectivity index (χ0v) is 24.8. The maximum Gasteiger partial charge on any atom is 0.271 e. The first-order valence-corrected chi connectivity index (χ1v) is 14.4. The summed E-state index contributed by atoms with van der Waals surface area (Å²) in [7, 11) is 1.56. The molecule has 1 N–H and O–H groups in total. The number of aromatic nitrogens is 1. The Labute approximate surface area is 255 Å². The molecule has 2 aromatic heterocycles. The Kier molecular flexibility index (Phi) is 7.54. The number of carbonyl (C=O) groups is 1. The third kappa shape index (κ3) is 5.36. The van der Waals surface area contributed by atoms with Gasteiger partial charge in [-0.3, -0.25) is 24.3 Å². The van der Waals surface area contributed by atoms with Crippen molar-refractivity contribution in [2.24, 2.45) is 4.99 Å². The molecule has 1 aliphatic rings. The van der Waals surface area contributed by atoms with Crippen LogP contribution in [0.15, 0.2) is 110 Å². The fourth-order valence-corrected chi connectivity index (χ4v) is 6.23. The van der Waals surface area contributed by atoms with Crippen molar-refractivity contribution in [1.29, 1.82) is 0 Å². The number of nitrogens with one attached hydrogen (secondary N) is 1. The Balaban J connectivity index is 1.44. The second-order valence-electron chi connectivity index (χ2n) is 10.1. The van der Waals surface area contributed by atoms with Gasteiger partial charge in [0.05, 0.1) is 33.9 Å². The fourth-order valence-electron chi connectivity index (χ4n) is 5.20. The standard InChI is InChI=1S/C33H26N4O6S/c1-19-16-23(37(40)41)12-14-26(19)27-15-13-25(43-27)18-28-32(39)36-30(21-8-7-11-24(17-21)42-3)29(20(2)34-33(36)44-28)31(38)35-22-9-5-4-6-10-22/h4-18,30H,1-3H3,(H,35,38)/b28-18-/t30-/m0/s1. The first-order valence-electron chi connectivity index (χ1n) is 13.6. The number of methoxy groups -OCH3 is 1. The van der Waals surface area contributed by atoms with Gasteiger partial charge < -0.3 is 14.5 Å². The van der Waals surface area contributed by atoms with Crippen LogP contribution in [-0.2, 0) is 4.79 Å². The number of nitrogens with zero attached hydrogens (tertiary/aromatic N) is 3. The maximum atomic E-state index is 14.0. The second kappa shape index (κ2) is 11.6. The number of amides is 1. The highest BCUT2D eigenvalue weighted by Crippen LogP contribution is 2.33. The molecule has 0 aliphatic carbocycles. The zero-order valence-electron chi connectivity index (χ0n) is 23.9. The number of anilines is 1. The summed E-state index contributed by atoms with van der Waals surface area (Å²) in [6.07, 6.45) is 1.64. The second-order valence-corrected chi connectivity index (χ2v) is 11.1. The fraction of sp³-hybridized carbons (Fsp3) is 0.121. The molecule has 11 heteroatoms. The molecular weight excluding hydrogens is 580 g/mol. The molecular formula is C33H26N4O6S. The van der Waals surface area contributed by atoms with Crippen LogP contribution in [0.1, 0.15) is 29.9 Å². The largest absolute Gasteiger partial charge is 0.497 e. The molecule has 0 fully saturated rings. The number of non-ortho nitro benzene ring substituents is 1. The molecule has 5 aromatic rings. The lowest BCUT2D eigenvalue weighted by atomic mass is 9.95. The van der Waals surface area contributed by atoms with E-state index in [-0.39, 0.29) is 17.2 Å². The molecule has 0 saturated carbocycles. The van der Waals surface area contributed by atoms with Crippen LogP contribution in [0.4, 0.5) is 11.4 Å². The van der Waals surface area contributed by atoms with Crippen LogP contribution < -0.4 is 24.9 Å². The van der Waals surface area contributed by atoms with Crippen molar-refractivity contribution >= 4 is 34.7 Å². The number of rotatable bonds is 7. The Hall–Kier alpha value is -5.55. The summed E-state index contributed by atoms with van der Waals surface area (Å²) in [6, 6.07) is 23.7. The molecule has 0 bridgehead atoms. The van der Waals surface area contributed by atoms with Gasteiger partial charge in [-0.25, -0.2) is 4.99 Å². The average molecular weight is 607 g/mol. The normalized spacial score (nSPS) is 14.6. The van der Waals surface area contributed by atoms with Crippen LogP contribution in [0, 0.1) is 17.0 Å². The molecule has 0 unspecified atom stereocenters. The number of nitro groups is 1. The van der Waals surface area contributed by atoms with Crippen molar-refractivity contribution in [3.8, 4) is 17.1 Å². The van der Waals surface area contributed by atoms with E-state index in [1.807, 2.05) is 36.4 Å². The topological polar surface area (TPSA) is 129 Å². The van der Waals surface area contributed by atoms with Gasteiger partial charge in [-0.1, -0.05) is 41.7 Å². The predicted octanol–water partition coefficient (Wildman–Crippen LogP) is 5.36. The Bertz CT molecular complexity index is 2140. The van der Waals surface area contributed by atoms with Crippen molar-refractivity contribution in [1.82, 2.24) is 4.57 Å². The number of benzene rings is 3. The molecule has 220 valence electrons. The highest BCUT2D eigenvalue weighted by molar-refractivity contribution is 7.07. The quantitative estimate of drug-likeness (QED) is 0.196. The molecule has 6 rings (SSSR count). The predicted molar refractivity (Wildman–Crippen MR) is 167 cm³/mol. The van der Waals surface area contributed by atoms with E-state index in [1.165, 1.54) is 28.0 Å². The third-order valence-corrected chi connectivity index (χ3v) is 8.28. The van der Waals surface area contributed by atoms with Crippen molar-refractivity contribution in [3.63, 3.8) is 0 Å². The minimum absolute atomic E-state index is 0.00292. The van der Waals surface area contributed by atoms with E-state index in [9.17, 15) is 19.7 Å². The lowest BCUT2D eigenvalue weighted by molar-refractivity contribution is -0.384. The lowest BCUT2D eigenvalue weighted by Gasteiger charge is -2.25. The highest BCUT2D eigenvalue weighted by atomic mass is 32.1. The van der Waals surface area contributed by atoms with E-state index in [0.29, 0.717) is 60.3 Å². The van der Waals surface area contributed by atoms with Gasteiger partial charge in [0.1, 0.15) is 17.3 Å². The molecule has 10 nitrogen and oxygen atoms in total. The van der Waals surface area contributed by atoms with Crippen LogP contribution in [0.25, 0.3) is 17.4 Å². The van der Waals surface area contributed by atoms with Crippen LogP contribution in [0.3, 0.4) is 0 Å². The van der Waals surface area contributed by atoms with Gasteiger partial charge in [0.25, 0.3) is 17.2 Å².